The molecular weight excluding hydrogens is 600 g/mol. The summed E-state index contributed by atoms with van der Waals surface area (Å²) in [4.78, 5) is 27.1. The molecule has 0 unspecified atom stereocenters. The number of nitrogens with one attached hydrogen (secondary N) is 1. The third kappa shape index (κ3) is 7.79. The number of nitrogens with zero attached hydrogens (tertiary/aromatic N) is 1. The minimum atomic E-state index is -4.63. The third-order valence-corrected chi connectivity index (χ3v) is 7.16. The van der Waals surface area contributed by atoms with Crippen LogP contribution in [0.25, 0.3) is 22.3 Å². The van der Waals surface area contributed by atoms with Gasteiger partial charge in [0.1, 0.15) is 5.69 Å². The Kier molecular flexibility index (Phi) is 9.58. The van der Waals surface area contributed by atoms with Gasteiger partial charge in [0.25, 0.3) is 0 Å². The molecule has 0 spiro atoms. The summed E-state index contributed by atoms with van der Waals surface area (Å²) in [6.45, 7) is 0.100. The van der Waals surface area contributed by atoms with Gasteiger partial charge in [-0.1, -0.05) is 59.1 Å². The van der Waals surface area contributed by atoms with Gasteiger partial charge >= 0.3 is 12.1 Å². The van der Waals surface area contributed by atoms with Crippen LogP contribution in [0.4, 0.5) is 18.9 Å². The molecule has 0 atom stereocenters. The van der Waals surface area contributed by atoms with Crippen LogP contribution in [0.1, 0.15) is 40.9 Å². The van der Waals surface area contributed by atoms with Crippen LogP contribution in [-0.2, 0) is 17.5 Å². The number of anilines is 1. The first-order valence-electron chi connectivity index (χ1n) is 12.3. The summed E-state index contributed by atoms with van der Waals surface area (Å²) >= 11 is 18.7. The highest BCUT2D eigenvalue weighted by Gasteiger charge is 2.32. The van der Waals surface area contributed by atoms with Crippen molar-refractivity contribution in [2.45, 2.75) is 32.0 Å². The molecule has 1 heterocycles. The number of carboxylic acid groups (broad SMARTS) is 1. The highest BCUT2D eigenvalue weighted by Crippen LogP contribution is 2.38. The Morgan fingerprint density at radius 2 is 1.54 bits per heavy atom. The van der Waals surface area contributed by atoms with Crippen LogP contribution in [0.15, 0.2) is 72.9 Å². The maximum Gasteiger partial charge on any atom is 0.416 e. The molecule has 11 heteroatoms. The average Bonchev–Trinajstić information content (AvgIpc) is 2.92. The molecule has 2 N–H and O–H groups in total. The fourth-order valence-electron chi connectivity index (χ4n) is 4.17. The molecule has 4 rings (SSSR count). The van der Waals surface area contributed by atoms with Crippen molar-refractivity contribution >= 4 is 52.2 Å². The van der Waals surface area contributed by atoms with Crippen molar-refractivity contribution < 1.29 is 27.9 Å². The summed E-state index contributed by atoms with van der Waals surface area (Å²) in [6, 6.07) is 17.3. The van der Waals surface area contributed by atoms with Gasteiger partial charge in [-0.2, -0.15) is 13.2 Å². The molecule has 41 heavy (non-hydrogen) atoms. The van der Waals surface area contributed by atoms with Crippen molar-refractivity contribution in [3.8, 4) is 22.3 Å². The molecule has 3 aromatic carbocycles. The molecule has 1 aromatic heterocycles. The van der Waals surface area contributed by atoms with Gasteiger partial charge < -0.3 is 10.4 Å². The summed E-state index contributed by atoms with van der Waals surface area (Å²) in [5, 5.41) is 12.9. The Morgan fingerprint density at radius 1 is 0.829 bits per heavy atom. The normalized spacial score (nSPS) is 11.4. The van der Waals surface area contributed by atoms with Crippen molar-refractivity contribution in [1.29, 1.82) is 0 Å². The van der Waals surface area contributed by atoms with Crippen LogP contribution in [0.2, 0.25) is 15.1 Å². The lowest BCUT2D eigenvalue weighted by Crippen LogP contribution is -2.09. The van der Waals surface area contributed by atoms with Crippen LogP contribution >= 0.6 is 34.8 Å². The zero-order valence-corrected chi connectivity index (χ0v) is 23.5. The number of ketones is 1. The Morgan fingerprint density at radius 3 is 2.15 bits per heavy atom. The van der Waals surface area contributed by atoms with Gasteiger partial charge in [-0.05, 0) is 65.6 Å². The highest BCUT2D eigenvalue weighted by molar-refractivity contribution is 6.36. The predicted molar refractivity (Wildman–Crippen MR) is 155 cm³/mol. The van der Waals surface area contributed by atoms with Crippen LogP contribution in [-0.4, -0.2) is 21.8 Å². The number of hydrogen-bond donors (Lipinski definition) is 2. The first-order valence-corrected chi connectivity index (χ1v) is 13.5. The minimum Gasteiger partial charge on any atom is -0.481 e. The molecule has 0 aliphatic rings. The van der Waals surface area contributed by atoms with E-state index < -0.39 is 17.7 Å². The van der Waals surface area contributed by atoms with E-state index in [4.69, 9.17) is 39.9 Å². The molecule has 4 aromatic rings. The van der Waals surface area contributed by atoms with Crippen LogP contribution < -0.4 is 5.32 Å². The second-order valence-electron chi connectivity index (χ2n) is 9.14. The summed E-state index contributed by atoms with van der Waals surface area (Å²) in [5.41, 5.74) is 2.48. The Labute approximate surface area is 248 Å². The largest absolute Gasteiger partial charge is 0.481 e. The molecule has 0 fully saturated rings. The smallest absolute Gasteiger partial charge is 0.416 e. The van der Waals surface area contributed by atoms with Crippen molar-refractivity contribution in [3.63, 3.8) is 0 Å². The quantitative estimate of drug-likeness (QED) is 0.173. The molecular formula is C30H22Cl3F3N2O3. The molecule has 5 nitrogen and oxygen atoms in total. The fraction of sp³-hybridized carbons (Fsp3) is 0.167. The lowest BCUT2D eigenvalue weighted by atomic mass is 9.97. The molecule has 0 bridgehead atoms. The van der Waals surface area contributed by atoms with Gasteiger partial charge in [-0.15, -0.1) is 0 Å². The van der Waals surface area contributed by atoms with E-state index in [0.717, 1.165) is 23.3 Å². The van der Waals surface area contributed by atoms with E-state index >= 15 is 0 Å². The van der Waals surface area contributed by atoms with Crippen molar-refractivity contribution in [2.24, 2.45) is 0 Å². The van der Waals surface area contributed by atoms with Gasteiger partial charge in [0.15, 0.2) is 5.78 Å². The molecule has 0 saturated heterocycles. The Balaban J connectivity index is 1.58. The number of benzene rings is 3. The van der Waals surface area contributed by atoms with E-state index in [1.165, 1.54) is 18.3 Å². The number of alkyl halides is 3. The molecule has 0 aliphatic heterocycles. The lowest BCUT2D eigenvalue weighted by molar-refractivity contribution is -0.138. The average molecular weight is 622 g/mol. The summed E-state index contributed by atoms with van der Waals surface area (Å²) in [7, 11) is 0. The van der Waals surface area contributed by atoms with E-state index in [1.807, 2.05) is 30.3 Å². The number of aromatic nitrogens is 1. The topological polar surface area (TPSA) is 79.3 Å². The number of rotatable bonds is 10. The number of Topliss-reactive ketones (excluding diaryl/α,β-unsaturated/α-hetero) is 1. The van der Waals surface area contributed by atoms with Crippen LogP contribution in [0.5, 0.6) is 0 Å². The maximum atomic E-state index is 13.6. The first-order chi connectivity index (χ1) is 19.4. The van der Waals surface area contributed by atoms with Crippen molar-refractivity contribution in [1.82, 2.24) is 4.98 Å². The number of halogens is 6. The monoisotopic (exact) mass is 620 g/mol. The van der Waals surface area contributed by atoms with Gasteiger partial charge in [-0.25, -0.2) is 0 Å². The van der Waals surface area contributed by atoms with Crippen molar-refractivity contribution in [3.05, 3.63) is 105 Å². The van der Waals surface area contributed by atoms with E-state index in [2.05, 4.69) is 10.3 Å². The minimum absolute atomic E-state index is 0.00772. The molecule has 0 radical (unpaired) electrons. The Hall–Kier alpha value is -3.59. The number of carbonyl (C=O) groups excluding carboxylic acids is 1. The number of carbonyl (C=O) groups is 2. The van der Waals surface area contributed by atoms with E-state index in [-0.39, 0.29) is 47.9 Å². The third-order valence-electron chi connectivity index (χ3n) is 6.27. The molecule has 0 aliphatic carbocycles. The van der Waals surface area contributed by atoms with Gasteiger partial charge in [0.2, 0.25) is 0 Å². The first kappa shape index (κ1) is 30.4. The van der Waals surface area contributed by atoms with Gasteiger partial charge in [0, 0.05) is 57.5 Å². The van der Waals surface area contributed by atoms with E-state index in [1.54, 1.807) is 12.1 Å². The van der Waals surface area contributed by atoms with Crippen LogP contribution in [0.3, 0.4) is 0 Å². The molecule has 0 amide bonds. The number of aliphatic carboxylic acids is 1. The van der Waals surface area contributed by atoms with Gasteiger partial charge in [-0.3, -0.25) is 14.6 Å². The summed E-state index contributed by atoms with van der Waals surface area (Å²) in [6.07, 6.45) is -3.32. The van der Waals surface area contributed by atoms with Gasteiger partial charge in [0.05, 0.1) is 5.56 Å². The maximum absolute atomic E-state index is 13.6. The van der Waals surface area contributed by atoms with Crippen LogP contribution in [0, 0.1) is 0 Å². The van der Waals surface area contributed by atoms with Crippen molar-refractivity contribution in [2.75, 3.05) is 5.32 Å². The second-order valence-corrected chi connectivity index (χ2v) is 10.4. The van der Waals surface area contributed by atoms with E-state index in [9.17, 15) is 22.8 Å². The second kappa shape index (κ2) is 12.9. The SMILES string of the molecule is O=C(O)CCCC(=O)c1ccc(-c2cc(C(F)(F)F)cc(Cl)c2CNc2ccc(-c3ccc(Cl)cc3Cl)cc2)cn1. The zero-order chi connectivity index (χ0) is 29.7. The van der Waals surface area contributed by atoms with E-state index in [0.29, 0.717) is 26.9 Å². The summed E-state index contributed by atoms with van der Waals surface area (Å²) in [5.74, 6) is -1.37. The fourth-order valence-corrected chi connectivity index (χ4v) is 4.97. The Bertz CT molecular complexity index is 1580. The highest BCUT2D eigenvalue weighted by atomic mass is 35.5. The number of pyridine rings is 1. The number of hydrogen-bond acceptors (Lipinski definition) is 4. The zero-order valence-electron chi connectivity index (χ0n) is 21.2. The standard InChI is InChI=1S/C30H22Cl3F3N2O3/c31-20-7-10-22(26(33)14-20)17-4-8-21(9-5-17)37-16-24-23(12-19(13-25(24)32)30(34,35)36)18-6-11-27(38-15-18)28(39)2-1-3-29(40)41/h4-15,37H,1-3,16H2,(H,40,41). The predicted octanol–water partition coefficient (Wildman–Crippen LogP) is 9.44. The lowest BCUT2D eigenvalue weighted by Gasteiger charge is -2.17. The summed E-state index contributed by atoms with van der Waals surface area (Å²) < 4.78 is 40.9. The molecule has 212 valence electrons. The number of carboxylic acids is 1. The molecule has 0 saturated carbocycles.